The smallest absolute Gasteiger partial charge is 0.196 e. The molecule has 2 fully saturated rings. The zero-order valence-electron chi connectivity index (χ0n) is 12.2. The number of hydrogen-bond donors (Lipinski definition) is 1. The van der Waals surface area contributed by atoms with Gasteiger partial charge in [0.1, 0.15) is 5.82 Å². The van der Waals surface area contributed by atoms with Crippen LogP contribution in [0.4, 0.5) is 0 Å². The summed E-state index contributed by atoms with van der Waals surface area (Å²) in [5, 5.41) is 13.2. The van der Waals surface area contributed by atoms with Gasteiger partial charge in [-0.15, -0.1) is 10.2 Å². The highest BCUT2D eigenvalue weighted by molar-refractivity contribution is 7.99. The van der Waals surface area contributed by atoms with E-state index in [1.807, 2.05) is 7.05 Å². The van der Waals surface area contributed by atoms with Crippen molar-refractivity contribution in [2.24, 2.45) is 0 Å². The van der Waals surface area contributed by atoms with Gasteiger partial charge in [-0.05, 0) is 62.2 Å². The van der Waals surface area contributed by atoms with E-state index in [1.54, 1.807) is 11.8 Å². The second-order valence-electron chi connectivity index (χ2n) is 5.99. The first-order valence-corrected chi connectivity index (χ1v) is 8.53. The molecule has 5 heteroatoms. The largest absolute Gasteiger partial charge is 0.316 e. The maximum absolute atomic E-state index is 4.46. The van der Waals surface area contributed by atoms with Gasteiger partial charge < -0.3 is 9.88 Å². The molecule has 0 spiro atoms. The third-order valence-corrected chi connectivity index (χ3v) is 5.03. The number of hydrogen-bond acceptors (Lipinski definition) is 4. The standard InChI is InChI=1S/C16H20N4S/c1-17-10-11-2-8-14(9-3-11)21-16-19-18-15(12-4-5-12)20(16)13-6-7-13/h2-3,8-9,12-13,17H,4-7,10H2,1H3. The average Bonchev–Trinajstić information content (AvgIpc) is 3.41. The van der Waals surface area contributed by atoms with E-state index in [2.05, 4.69) is 44.3 Å². The van der Waals surface area contributed by atoms with Gasteiger partial charge in [-0.25, -0.2) is 0 Å². The Morgan fingerprint density at radius 3 is 2.52 bits per heavy atom. The van der Waals surface area contributed by atoms with Crippen LogP contribution in [-0.4, -0.2) is 21.8 Å². The fourth-order valence-electron chi connectivity index (χ4n) is 2.64. The second-order valence-corrected chi connectivity index (χ2v) is 7.03. The summed E-state index contributed by atoms with van der Waals surface area (Å²) in [5.41, 5.74) is 1.31. The highest BCUT2D eigenvalue weighted by atomic mass is 32.2. The molecule has 2 aliphatic carbocycles. The highest BCUT2D eigenvalue weighted by Crippen LogP contribution is 2.46. The number of nitrogens with zero attached hydrogens (tertiary/aromatic N) is 3. The van der Waals surface area contributed by atoms with E-state index < -0.39 is 0 Å². The van der Waals surface area contributed by atoms with Gasteiger partial charge in [0.15, 0.2) is 5.16 Å². The van der Waals surface area contributed by atoms with Crippen LogP contribution in [0.25, 0.3) is 0 Å². The second kappa shape index (κ2) is 5.46. The average molecular weight is 300 g/mol. The summed E-state index contributed by atoms with van der Waals surface area (Å²) in [6.07, 6.45) is 5.14. The minimum Gasteiger partial charge on any atom is -0.316 e. The predicted octanol–water partition coefficient (Wildman–Crippen LogP) is 3.36. The predicted molar refractivity (Wildman–Crippen MR) is 83.6 cm³/mol. The molecule has 0 unspecified atom stereocenters. The topological polar surface area (TPSA) is 42.7 Å². The van der Waals surface area contributed by atoms with Crippen LogP contribution in [0.15, 0.2) is 34.3 Å². The summed E-state index contributed by atoms with van der Waals surface area (Å²) >= 11 is 1.74. The third kappa shape index (κ3) is 2.85. The summed E-state index contributed by atoms with van der Waals surface area (Å²) in [5.74, 6) is 1.90. The summed E-state index contributed by atoms with van der Waals surface area (Å²) in [4.78, 5) is 1.24. The Morgan fingerprint density at radius 2 is 1.90 bits per heavy atom. The lowest BCUT2D eigenvalue weighted by atomic mass is 10.2. The molecule has 0 bridgehead atoms. The van der Waals surface area contributed by atoms with E-state index in [4.69, 9.17) is 0 Å². The molecule has 4 rings (SSSR count). The van der Waals surface area contributed by atoms with E-state index in [0.717, 1.165) is 11.7 Å². The number of nitrogens with one attached hydrogen (secondary N) is 1. The van der Waals surface area contributed by atoms with Crippen molar-refractivity contribution in [3.63, 3.8) is 0 Å². The minimum atomic E-state index is 0.654. The van der Waals surface area contributed by atoms with Crippen molar-refractivity contribution in [3.8, 4) is 0 Å². The molecular formula is C16H20N4S. The maximum atomic E-state index is 4.46. The van der Waals surface area contributed by atoms with Gasteiger partial charge in [-0.1, -0.05) is 12.1 Å². The molecule has 4 nitrogen and oxygen atoms in total. The van der Waals surface area contributed by atoms with Gasteiger partial charge in [0, 0.05) is 23.4 Å². The summed E-state index contributed by atoms with van der Waals surface area (Å²) in [6.45, 7) is 0.912. The first-order valence-electron chi connectivity index (χ1n) is 7.71. The van der Waals surface area contributed by atoms with Crippen LogP contribution in [0.1, 0.15) is 49.0 Å². The molecule has 2 aromatic rings. The van der Waals surface area contributed by atoms with Crippen LogP contribution < -0.4 is 5.32 Å². The fourth-order valence-corrected chi connectivity index (χ4v) is 3.54. The Kier molecular flexibility index (Phi) is 3.47. The lowest BCUT2D eigenvalue weighted by Gasteiger charge is -2.08. The Bertz CT molecular complexity index is 626. The van der Waals surface area contributed by atoms with Gasteiger partial charge in [-0.3, -0.25) is 0 Å². The first-order chi connectivity index (χ1) is 10.3. The lowest BCUT2D eigenvalue weighted by Crippen LogP contribution is -2.04. The molecule has 0 radical (unpaired) electrons. The van der Waals surface area contributed by atoms with E-state index in [9.17, 15) is 0 Å². The number of aromatic nitrogens is 3. The molecule has 1 aromatic heterocycles. The van der Waals surface area contributed by atoms with Gasteiger partial charge in [0.05, 0.1) is 0 Å². The van der Waals surface area contributed by atoms with Crippen molar-refractivity contribution in [1.29, 1.82) is 0 Å². The molecule has 1 heterocycles. The van der Waals surface area contributed by atoms with Crippen LogP contribution in [0.3, 0.4) is 0 Å². The van der Waals surface area contributed by atoms with E-state index in [1.165, 1.54) is 42.0 Å². The molecule has 0 atom stereocenters. The van der Waals surface area contributed by atoms with Crippen molar-refractivity contribution in [3.05, 3.63) is 35.7 Å². The summed E-state index contributed by atoms with van der Waals surface area (Å²) in [7, 11) is 1.97. The molecule has 2 saturated carbocycles. The van der Waals surface area contributed by atoms with Crippen LogP contribution in [0.2, 0.25) is 0 Å². The zero-order chi connectivity index (χ0) is 14.2. The molecule has 1 aromatic carbocycles. The number of benzene rings is 1. The molecule has 0 aliphatic heterocycles. The zero-order valence-corrected chi connectivity index (χ0v) is 13.1. The Morgan fingerprint density at radius 1 is 1.14 bits per heavy atom. The molecule has 21 heavy (non-hydrogen) atoms. The molecule has 2 aliphatic rings. The SMILES string of the molecule is CNCc1ccc(Sc2nnc(C3CC3)n2C2CC2)cc1. The summed E-state index contributed by atoms with van der Waals surface area (Å²) in [6, 6.07) is 9.37. The molecule has 1 N–H and O–H groups in total. The van der Waals surface area contributed by atoms with Crippen LogP contribution in [-0.2, 0) is 6.54 Å². The van der Waals surface area contributed by atoms with E-state index >= 15 is 0 Å². The van der Waals surface area contributed by atoms with E-state index in [0.29, 0.717) is 12.0 Å². The Hall–Kier alpha value is -1.33. The van der Waals surface area contributed by atoms with Crippen molar-refractivity contribution < 1.29 is 0 Å². The number of rotatable bonds is 6. The first kappa shape index (κ1) is 13.3. The molecule has 0 saturated heterocycles. The van der Waals surface area contributed by atoms with Crippen molar-refractivity contribution >= 4 is 11.8 Å². The third-order valence-electron chi connectivity index (χ3n) is 4.06. The summed E-state index contributed by atoms with van der Waals surface area (Å²) < 4.78 is 2.41. The van der Waals surface area contributed by atoms with Gasteiger partial charge in [-0.2, -0.15) is 0 Å². The quantitative estimate of drug-likeness (QED) is 0.888. The molecule has 0 amide bonds. The van der Waals surface area contributed by atoms with Crippen LogP contribution in [0, 0.1) is 0 Å². The van der Waals surface area contributed by atoms with Gasteiger partial charge in [0.25, 0.3) is 0 Å². The van der Waals surface area contributed by atoms with Crippen LogP contribution >= 0.6 is 11.8 Å². The van der Waals surface area contributed by atoms with Crippen LogP contribution in [0.5, 0.6) is 0 Å². The maximum Gasteiger partial charge on any atom is 0.196 e. The van der Waals surface area contributed by atoms with Gasteiger partial charge >= 0.3 is 0 Å². The van der Waals surface area contributed by atoms with Crippen molar-refractivity contribution in [2.45, 2.75) is 54.2 Å². The van der Waals surface area contributed by atoms with Crippen molar-refractivity contribution in [2.75, 3.05) is 7.05 Å². The van der Waals surface area contributed by atoms with Crippen molar-refractivity contribution in [1.82, 2.24) is 20.1 Å². The molecule has 110 valence electrons. The van der Waals surface area contributed by atoms with E-state index in [-0.39, 0.29) is 0 Å². The monoisotopic (exact) mass is 300 g/mol. The minimum absolute atomic E-state index is 0.654. The van der Waals surface area contributed by atoms with Gasteiger partial charge in [0.2, 0.25) is 0 Å². The lowest BCUT2D eigenvalue weighted by molar-refractivity contribution is 0.627. The molecular weight excluding hydrogens is 280 g/mol. The highest BCUT2D eigenvalue weighted by Gasteiger charge is 2.36. The Balaban J connectivity index is 1.56. The fraction of sp³-hybridized carbons (Fsp3) is 0.500. The Labute approximate surface area is 129 Å². The normalized spacial score (nSPS) is 18.1.